The van der Waals surface area contributed by atoms with Crippen molar-refractivity contribution in [1.29, 1.82) is 5.26 Å². The summed E-state index contributed by atoms with van der Waals surface area (Å²) in [5.74, 6) is -1.51. The molecular formula is C38H41F2N5O7. The van der Waals surface area contributed by atoms with Crippen LogP contribution in [0, 0.1) is 47.6 Å². The number of hydrogen-bond donors (Lipinski definition) is 2. The minimum Gasteiger partial charge on any atom is -0.476 e. The van der Waals surface area contributed by atoms with E-state index in [-0.39, 0.29) is 42.1 Å². The van der Waals surface area contributed by atoms with Crippen molar-refractivity contribution in [2.45, 2.75) is 41.5 Å². The second-order valence-corrected chi connectivity index (χ2v) is 13.0. The number of benzene rings is 2. The fraction of sp³-hybridized carbons (Fsp3) is 0.316. The van der Waals surface area contributed by atoms with Gasteiger partial charge in [0.15, 0.2) is 5.84 Å². The Morgan fingerprint density at radius 1 is 0.808 bits per heavy atom. The Morgan fingerprint density at radius 2 is 1.25 bits per heavy atom. The van der Waals surface area contributed by atoms with Gasteiger partial charge < -0.3 is 29.9 Å². The predicted molar refractivity (Wildman–Crippen MR) is 189 cm³/mol. The molecule has 0 saturated heterocycles. The number of nitrogens with two attached hydrogens (primary N) is 1. The van der Waals surface area contributed by atoms with Gasteiger partial charge in [0.2, 0.25) is 11.8 Å². The highest BCUT2D eigenvalue weighted by Gasteiger charge is 2.31. The smallest absolute Gasteiger partial charge is 0.314 e. The van der Waals surface area contributed by atoms with E-state index in [2.05, 4.69) is 15.1 Å². The maximum atomic E-state index is 14.2. The van der Waals surface area contributed by atoms with Crippen LogP contribution >= 0.6 is 0 Å². The molecule has 0 radical (unpaired) electrons. The number of amidine groups is 1. The van der Waals surface area contributed by atoms with Crippen molar-refractivity contribution in [3.8, 4) is 40.1 Å². The normalized spacial score (nSPS) is 11.4. The maximum absolute atomic E-state index is 14.2. The van der Waals surface area contributed by atoms with E-state index in [4.69, 9.17) is 35.2 Å². The van der Waals surface area contributed by atoms with E-state index in [0.29, 0.717) is 28.5 Å². The number of carbonyl (C=O) groups is 2. The standard InChI is InChI=1S/C19H22FN3O4.C19H19FN2O3/c1-11-7-16(27-10-19(2,3)18(24)26-4)22-9-14(11)12-5-6-13(15(20)8-12)17(21)23-25;1-12-7-17(25-11-19(2,3)18(23)24-4)22-10-15(12)13-5-6-14(9-21)16(20)8-13/h5-9,25H,10H2,1-4H3,(H2,21,23);5-8,10H,11H2,1-4H3. The minimum absolute atomic E-state index is 0.000595. The number of hydrogen-bond acceptors (Lipinski definition) is 11. The number of oxime groups is 1. The first-order valence-electron chi connectivity index (χ1n) is 15.8. The Balaban J connectivity index is 0.000000281. The Hall–Kier alpha value is -6.10. The quantitative estimate of drug-likeness (QED) is 0.0568. The zero-order valence-electron chi connectivity index (χ0n) is 30.2. The van der Waals surface area contributed by atoms with Crippen molar-refractivity contribution in [1.82, 2.24) is 9.97 Å². The van der Waals surface area contributed by atoms with Crippen LogP contribution in [0.4, 0.5) is 8.78 Å². The zero-order chi connectivity index (χ0) is 38.8. The van der Waals surface area contributed by atoms with Gasteiger partial charge in [0.1, 0.15) is 30.9 Å². The van der Waals surface area contributed by atoms with Gasteiger partial charge in [-0.25, -0.2) is 18.7 Å². The van der Waals surface area contributed by atoms with Crippen LogP contribution in [-0.2, 0) is 19.1 Å². The third-order valence-electron chi connectivity index (χ3n) is 7.87. The molecule has 12 nitrogen and oxygen atoms in total. The van der Waals surface area contributed by atoms with Gasteiger partial charge in [0.05, 0.1) is 36.2 Å². The molecule has 3 N–H and O–H groups in total. The lowest BCUT2D eigenvalue weighted by atomic mass is 9.95. The summed E-state index contributed by atoms with van der Waals surface area (Å²) in [5, 5.41) is 20.3. The summed E-state index contributed by atoms with van der Waals surface area (Å²) >= 11 is 0. The third kappa shape index (κ3) is 10.00. The monoisotopic (exact) mass is 717 g/mol. The van der Waals surface area contributed by atoms with Crippen LogP contribution in [0.15, 0.2) is 66.1 Å². The second-order valence-electron chi connectivity index (χ2n) is 13.0. The molecule has 2 aromatic carbocycles. The Kier molecular flexibility index (Phi) is 13.4. The molecule has 4 rings (SSSR count). The Labute approximate surface area is 300 Å². The molecule has 0 bridgehead atoms. The summed E-state index contributed by atoms with van der Waals surface area (Å²) in [5.41, 5.74) is 8.16. The van der Waals surface area contributed by atoms with E-state index in [0.717, 1.165) is 16.7 Å². The van der Waals surface area contributed by atoms with Gasteiger partial charge in [0.25, 0.3) is 0 Å². The van der Waals surface area contributed by atoms with E-state index in [1.165, 1.54) is 38.5 Å². The van der Waals surface area contributed by atoms with Gasteiger partial charge in [-0.05, 0) is 88.1 Å². The molecule has 0 amide bonds. The van der Waals surface area contributed by atoms with Gasteiger partial charge in [-0.15, -0.1) is 0 Å². The van der Waals surface area contributed by atoms with Gasteiger partial charge in [-0.1, -0.05) is 17.3 Å². The van der Waals surface area contributed by atoms with Gasteiger partial charge >= 0.3 is 11.9 Å². The molecule has 0 fully saturated rings. The summed E-state index contributed by atoms with van der Waals surface area (Å²) in [7, 11) is 2.66. The van der Waals surface area contributed by atoms with Gasteiger partial charge in [-0.2, -0.15) is 5.26 Å². The zero-order valence-corrected chi connectivity index (χ0v) is 30.2. The molecule has 0 atom stereocenters. The van der Waals surface area contributed by atoms with Crippen molar-refractivity contribution in [2.75, 3.05) is 27.4 Å². The lowest BCUT2D eigenvalue weighted by molar-refractivity contribution is -0.153. The molecule has 4 aromatic rings. The summed E-state index contributed by atoms with van der Waals surface area (Å²) in [6.45, 7) is 10.8. The molecule has 52 heavy (non-hydrogen) atoms. The molecule has 274 valence electrons. The number of methoxy groups -OCH3 is 2. The average molecular weight is 718 g/mol. The number of ether oxygens (including phenoxy) is 4. The largest absolute Gasteiger partial charge is 0.476 e. The van der Waals surface area contributed by atoms with E-state index < -0.39 is 22.5 Å². The number of nitriles is 1. The first-order valence-corrected chi connectivity index (χ1v) is 15.8. The molecule has 0 spiro atoms. The molecule has 2 heterocycles. The van der Waals surface area contributed by atoms with Crippen LogP contribution in [-0.4, -0.2) is 60.4 Å². The lowest BCUT2D eigenvalue weighted by Crippen LogP contribution is -2.32. The van der Waals surface area contributed by atoms with Crippen molar-refractivity contribution in [3.63, 3.8) is 0 Å². The van der Waals surface area contributed by atoms with Gasteiger partial charge in [-0.3, -0.25) is 9.59 Å². The van der Waals surface area contributed by atoms with Crippen molar-refractivity contribution in [2.24, 2.45) is 21.7 Å². The van der Waals surface area contributed by atoms with E-state index in [9.17, 15) is 18.4 Å². The summed E-state index contributed by atoms with van der Waals surface area (Å²) in [4.78, 5) is 31.8. The number of halogens is 2. The minimum atomic E-state index is -0.809. The van der Waals surface area contributed by atoms with Gasteiger partial charge in [0, 0.05) is 35.7 Å². The number of aromatic nitrogens is 2. The summed E-state index contributed by atoms with van der Waals surface area (Å²) < 4.78 is 48.7. The Morgan fingerprint density at radius 3 is 1.62 bits per heavy atom. The number of carbonyl (C=O) groups excluding carboxylic acids is 2. The van der Waals surface area contributed by atoms with E-state index in [1.807, 2.05) is 13.8 Å². The highest BCUT2D eigenvalue weighted by atomic mass is 19.1. The fourth-order valence-electron chi connectivity index (χ4n) is 4.72. The topological polar surface area (TPSA) is 179 Å². The van der Waals surface area contributed by atoms with Crippen molar-refractivity contribution in [3.05, 3.63) is 94.8 Å². The van der Waals surface area contributed by atoms with Crippen LogP contribution in [0.5, 0.6) is 11.8 Å². The fourth-order valence-corrected chi connectivity index (χ4v) is 4.72. The molecule has 0 unspecified atom stereocenters. The van der Waals surface area contributed by atoms with Crippen LogP contribution in [0.1, 0.15) is 49.9 Å². The number of aryl methyl sites for hydroxylation is 2. The first kappa shape index (κ1) is 40.3. The first-order chi connectivity index (χ1) is 24.5. The predicted octanol–water partition coefficient (Wildman–Crippen LogP) is 6.51. The number of nitrogens with zero attached hydrogens (tertiary/aromatic N) is 4. The number of rotatable bonds is 11. The van der Waals surface area contributed by atoms with Crippen molar-refractivity contribution < 1.29 is 42.5 Å². The van der Waals surface area contributed by atoms with Crippen molar-refractivity contribution >= 4 is 17.8 Å². The highest BCUT2D eigenvalue weighted by Crippen LogP contribution is 2.29. The summed E-state index contributed by atoms with van der Waals surface area (Å²) in [6, 6.07) is 14.0. The lowest BCUT2D eigenvalue weighted by Gasteiger charge is -2.21. The van der Waals surface area contributed by atoms with Crippen LogP contribution in [0.2, 0.25) is 0 Å². The Bertz CT molecular complexity index is 2010. The summed E-state index contributed by atoms with van der Waals surface area (Å²) in [6.07, 6.45) is 3.14. The molecule has 2 aromatic heterocycles. The molecule has 0 aliphatic rings. The highest BCUT2D eigenvalue weighted by molar-refractivity contribution is 5.97. The number of esters is 2. The van der Waals surface area contributed by atoms with E-state index in [1.54, 1.807) is 70.4 Å². The van der Waals surface area contributed by atoms with Crippen LogP contribution in [0.3, 0.4) is 0 Å². The molecule has 0 saturated carbocycles. The SMILES string of the molecule is COC(=O)C(C)(C)COc1cc(C)c(-c2ccc(C#N)c(F)c2)cn1.COC(=O)C(C)(C)COc1cc(C)c(-c2ccc(C(N)=NO)c(F)c2)cn1. The average Bonchev–Trinajstić information content (AvgIpc) is 3.12. The molecule has 0 aliphatic carbocycles. The van der Waals surface area contributed by atoms with E-state index >= 15 is 0 Å². The number of pyridine rings is 2. The third-order valence-corrected chi connectivity index (χ3v) is 7.87. The van der Waals surface area contributed by atoms with Crippen LogP contribution in [0.25, 0.3) is 22.3 Å². The second kappa shape index (κ2) is 17.2. The molecule has 14 heteroatoms. The molecular weight excluding hydrogens is 676 g/mol. The molecule has 0 aliphatic heterocycles. The maximum Gasteiger partial charge on any atom is 0.314 e. The van der Waals surface area contributed by atoms with Crippen LogP contribution < -0.4 is 15.2 Å².